The molecule has 0 saturated heterocycles. The smallest absolute Gasteiger partial charge is 0.141 e. The van der Waals surface area contributed by atoms with E-state index >= 15 is 0 Å². The number of anilines is 1. The lowest BCUT2D eigenvalue weighted by molar-refractivity contribution is 0.200. The van der Waals surface area contributed by atoms with Crippen LogP contribution < -0.4 is 5.32 Å². The molecule has 1 aromatic carbocycles. The van der Waals surface area contributed by atoms with Gasteiger partial charge in [0.25, 0.3) is 0 Å². The molecular weight excluding hydrogens is 255 g/mol. The molecule has 2 rings (SSSR count). The molecule has 2 aromatic rings. The van der Waals surface area contributed by atoms with E-state index in [0.717, 1.165) is 23.4 Å². The van der Waals surface area contributed by atoms with Crippen LogP contribution in [0.1, 0.15) is 43.7 Å². The molecule has 2 unspecified atom stereocenters. The van der Waals surface area contributed by atoms with Crippen LogP contribution in [0.3, 0.4) is 0 Å². The van der Waals surface area contributed by atoms with Crippen molar-refractivity contribution in [3.8, 4) is 0 Å². The zero-order chi connectivity index (χ0) is 14.5. The number of halogens is 1. The first-order chi connectivity index (χ1) is 9.61. The van der Waals surface area contributed by atoms with Gasteiger partial charge in [0, 0.05) is 11.3 Å². The summed E-state index contributed by atoms with van der Waals surface area (Å²) in [6.45, 7) is 3.77. The maximum Gasteiger partial charge on any atom is 0.141 e. The van der Waals surface area contributed by atoms with E-state index in [1.807, 2.05) is 31.2 Å². The highest BCUT2D eigenvalue weighted by Gasteiger charge is 2.14. The highest BCUT2D eigenvalue weighted by atomic mass is 19.1. The average molecular weight is 274 g/mol. The highest BCUT2D eigenvalue weighted by molar-refractivity contribution is 5.53. The Bertz CT molecular complexity index is 555. The number of rotatable bonds is 5. The Kier molecular flexibility index (Phi) is 4.69. The van der Waals surface area contributed by atoms with Crippen molar-refractivity contribution in [2.24, 2.45) is 0 Å². The van der Waals surface area contributed by atoms with Gasteiger partial charge >= 0.3 is 0 Å². The zero-order valence-electron chi connectivity index (χ0n) is 11.7. The summed E-state index contributed by atoms with van der Waals surface area (Å²) in [5, 5.41) is 13.2. The minimum Gasteiger partial charge on any atom is -0.389 e. The topological polar surface area (TPSA) is 45.1 Å². The van der Waals surface area contributed by atoms with Gasteiger partial charge in [0.1, 0.15) is 5.82 Å². The fraction of sp³-hybridized carbons (Fsp3) is 0.312. The number of hydrogen-bond donors (Lipinski definition) is 2. The number of para-hydroxylation sites is 1. The van der Waals surface area contributed by atoms with E-state index < -0.39 is 6.10 Å². The van der Waals surface area contributed by atoms with Gasteiger partial charge in [-0.05, 0) is 31.5 Å². The van der Waals surface area contributed by atoms with Gasteiger partial charge in [-0.3, -0.25) is 4.98 Å². The summed E-state index contributed by atoms with van der Waals surface area (Å²) in [5.41, 5.74) is 2.50. The Morgan fingerprint density at radius 1 is 1.25 bits per heavy atom. The molecule has 1 heterocycles. The first-order valence-electron chi connectivity index (χ1n) is 6.76. The monoisotopic (exact) mass is 274 g/mol. The minimum absolute atomic E-state index is 0.0181. The van der Waals surface area contributed by atoms with Gasteiger partial charge in [0.2, 0.25) is 0 Å². The Hall–Kier alpha value is -1.94. The van der Waals surface area contributed by atoms with E-state index in [-0.39, 0.29) is 11.9 Å². The van der Waals surface area contributed by atoms with Crippen LogP contribution in [0.2, 0.25) is 0 Å². The van der Waals surface area contributed by atoms with E-state index in [4.69, 9.17) is 0 Å². The lowest BCUT2D eigenvalue weighted by Crippen LogP contribution is -2.13. The fourth-order valence-corrected chi connectivity index (χ4v) is 2.16. The summed E-state index contributed by atoms with van der Waals surface area (Å²) in [5.74, 6) is -0.340. The van der Waals surface area contributed by atoms with Crippen LogP contribution in [0.5, 0.6) is 0 Å². The maximum atomic E-state index is 12.9. The van der Waals surface area contributed by atoms with Gasteiger partial charge in [-0.25, -0.2) is 4.39 Å². The normalized spacial score (nSPS) is 13.8. The molecule has 2 N–H and O–H groups in total. The zero-order valence-corrected chi connectivity index (χ0v) is 11.7. The molecule has 0 radical (unpaired) electrons. The summed E-state index contributed by atoms with van der Waals surface area (Å²) in [6, 6.07) is 10.7. The Morgan fingerprint density at radius 3 is 2.60 bits per heavy atom. The number of nitrogens with zero attached hydrogens (tertiary/aromatic N) is 1. The quantitative estimate of drug-likeness (QED) is 0.870. The summed E-state index contributed by atoms with van der Waals surface area (Å²) in [6.07, 6.45) is 1.49. The van der Waals surface area contributed by atoms with Gasteiger partial charge in [-0.2, -0.15) is 0 Å². The molecule has 20 heavy (non-hydrogen) atoms. The van der Waals surface area contributed by atoms with Gasteiger partial charge < -0.3 is 10.4 Å². The molecule has 4 heteroatoms. The van der Waals surface area contributed by atoms with Crippen molar-refractivity contribution in [3.63, 3.8) is 0 Å². The average Bonchev–Trinajstić information content (AvgIpc) is 2.46. The molecule has 2 atom stereocenters. The van der Waals surface area contributed by atoms with Crippen molar-refractivity contribution < 1.29 is 9.50 Å². The van der Waals surface area contributed by atoms with Crippen LogP contribution in [0.25, 0.3) is 0 Å². The van der Waals surface area contributed by atoms with Crippen molar-refractivity contribution in [2.75, 3.05) is 5.32 Å². The molecule has 106 valence electrons. The fourth-order valence-electron chi connectivity index (χ4n) is 2.16. The van der Waals surface area contributed by atoms with Crippen LogP contribution in [0.4, 0.5) is 10.1 Å². The van der Waals surface area contributed by atoms with Crippen molar-refractivity contribution >= 4 is 5.69 Å². The van der Waals surface area contributed by atoms with Crippen molar-refractivity contribution in [1.29, 1.82) is 0 Å². The van der Waals surface area contributed by atoms with Crippen LogP contribution in [0.15, 0.2) is 42.6 Å². The SMILES string of the molecule is CCC(Nc1ccccc1C(C)O)c1ccc(F)cn1. The highest BCUT2D eigenvalue weighted by Crippen LogP contribution is 2.27. The second-order valence-electron chi connectivity index (χ2n) is 4.77. The molecule has 0 spiro atoms. The van der Waals surface area contributed by atoms with E-state index in [1.165, 1.54) is 12.3 Å². The van der Waals surface area contributed by atoms with Crippen LogP contribution in [-0.2, 0) is 0 Å². The molecule has 1 aromatic heterocycles. The lowest BCUT2D eigenvalue weighted by atomic mass is 10.1. The molecule has 0 aliphatic rings. The predicted octanol–water partition coefficient (Wildman–Crippen LogP) is 3.84. The maximum absolute atomic E-state index is 12.9. The van der Waals surface area contributed by atoms with Crippen LogP contribution >= 0.6 is 0 Å². The third-order valence-electron chi connectivity index (χ3n) is 3.26. The lowest BCUT2D eigenvalue weighted by Gasteiger charge is -2.21. The van der Waals surface area contributed by atoms with Gasteiger partial charge in [-0.1, -0.05) is 25.1 Å². The first-order valence-corrected chi connectivity index (χ1v) is 6.76. The molecule has 0 amide bonds. The Morgan fingerprint density at radius 2 is 2.00 bits per heavy atom. The Labute approximate surface area is 118 Å². The molecule has 0 aliphatic heterocycles. The molecule has 0 aliphatic carbocycles. The first kappa shape index (κ1) is 14.5. The number of aliphatic hydroxyl groups excluding tert-OH is 1. The van der Waals surface area contributed by atoms with E-state index in [2.05, 4.69) is 10.3 Å². The molecule has 0 bridgehead atoms. The van der Waals surface area contributed by atoms with E-state index in [0.29, 0.717) is 0 Å². The molecule has 0 fully saturated rings. The van der Waals surface area contributed by atoms with Crippen LogP contribution in [-0.4, -0.2) is 10.1 Å². The van der Waals surface area contributed by atoms with Gasteiger partial charge in [-0.15, -0.1) is 0 Å². The van der Waals surface area contributed by atoms with E-state index in [1.54, 1.807) is 13.0 Å². The number of hydrogen-bond acceptors (Lipinski definition) is 3. The summed E-state index contributed by atoms with van der Waals surface area (Å²) >= 11 is 0. The second-order valence-corrected chi connectivity index (χ2v) is 4.77. The number of nitrogens with one attached hydrogen (secondary N) is 1. The summed E-state index contributed by atoms with van der Waals surface area (Å²) in [4.78, 5) is 4.12. The van der Waals surface area contributed by atoms with Crippen molar-refractivity contribution in [3.05, 3.63) is 59.7 Å². The predicted molar refractivity (Wildman–Crippen MR) is 77.9 cm³/mol. The van der Waals surface area contributed by atoms with Gasteiger partial charge in [0.15, 0.2) is 0 Å². The Balaban J connectivity index is 2.24. The number of pyridine rings is 1. The molecular formula is C16H19FN2O. The largest absolute Gasteiger partial charge is 0.389 e. The van der Waals surface area contributed by atoms with Crippen LogP contribution in [0, 0.1) is 5.82 Å². The number of aliphatic hydroxyl groups is 1. The second kappa shape index (κ2) is 6.48. The van der Waals surface area contributed by atoms with Crippen molar-refractivity contribution in [2.45, 2.75) is 32.4 Å². The van der Waals surface area contributed by atoms with Crippen molar-refractivity contribution in [1.82, 2.24) is 4.98 Å². The molecule has 3 nitrogen and oxygen atoms in total. The van der Waals surface area contributed by atoms with E-state index in [9.17, 15) is 9.50 Å². The standard InChI is InChI=1S/C16H19FN2O/c1-3-14(16-9-8-12(17)10-18-16)19-15-7-5-4-6-13(15)11(2)20/h4-11,14,19-20H,3H2,1-2H3. The number of benzene rings is 1. The molecule has 0 saturated carbocycles. The number of aromatic nitrogens is 1. The summed E-state index contributed by atoms with van der Waals surface area (Å²) in [7, 11) is 0. The third-order valence-corrected chi connectivity index (χ3v) is 3.26. The summed E-state index contributed by atoms with van der Waals surface area (Å²) < 4.78 is 12.9. The third kappa shape index (κ3) is 3.33. The van der Waals surface area contributed by atoms with Gasteiger partial charge in [0.05, 0.1) is 24.0 Å². The minimum atomic E-state index is -0.544.